The Kier molecular flexibility index (Phi) is 5.43. The van der Waals surface area contributed by atoms with Gasteiger partial charge in [-0.1, -0.05) is 45.0 Å². The molecule has 0 atom stereocenters. The van der Waals surface area contributed by atoms with Crippen molar-refractivity contribution in [3.8, 4) is 5.75 Å². The predicted molar refractivity (Wildman–Crippen MR) is 95.1 cm³/mol. The van der Waals surface area contributed by atoms with Crippen LogP contribution in [0.3, 0.4) is 0 Å². The van der Waals surface area contributed by atoms with Gasteiger partial charge in [-0.05, 0) is 54.2 Å². The lowest BCUT2D eigenvalue weighted by atomic mass is 9.82. The number of hydrogen-bond donors (Lipinski definition) is 1. The molecule has 0 heterocycles. The molecule has 0 aromatic heterocycles. The smallest absolute Gasteiger partial charge is 0.262 e. The zero-order valence-electron chi connectivity index (χ0n) is 14.3. The highest BCUT2D eigenvalue weighted by molar-refractivity contribution is 5.91. The Balaban J connectivity index is 1.89. The Labute approximate surface area is 138 Å². The number of benzene rings is 2. The van der Waals surface area contributed by atoms with E-state index < -0.39 is 0 Å². The molecule has 0 aliphatic heterocycles. The van der Waals surface area contributed by atoms with Crippen molar-refractivity contribution in [1.29, 1.82) is 0 Å². The first-order valence-electron chi connectivity index (χ1n) is 8.00. The Hall–Kier alpha value is -2.29. The molecule has 1 N–H and O–H groups in total. The van der Waals surface area contributed by atoms with Crippen LogP contribution in [0.5, 0.6) is 5.75 Å². The molecule has 0 fully saturated rings. The van der Waals surface area contributed by atoms with Crippen molar-refractivity contribution in [3.05, 3.63) is 59.7 Å². The van der Waals surface area contributed by atoms with E-state index in [-0.39, 0.29) is 17.9 Å². The lowest BCUT2D eigenvalue weighted by Gasteiger charge is -2.23. The number of aryl methyl sites for hydroxylation is 1. The summed E-state index contributed by atoms with van der Waals surface area (Å²) in [4.78, 5) is 11.9. The summed E-state index contributed by atoms with van der Waals surface area (Å²) in [6.07, 6.45) is 1.08. The number of nitrogens with one attached hydrogen (secondary N) is 1. The van der Waals surface area contributed by atoms with Gasteiger partial charge in [-0.15, -0.1) is 0 Å². The first-order valence-corrected chi connectivity index (χ1v) is 8.00. The van der Waals surface area contributed by atoms with Crippen molar-refractivity contribution < 1.29 is 9.53 Å². The van der Waals surface area contributed by atoms with Crippen LogP contribution < -0.4 is 10.1 Å². The lowest BCUT2D eigenvalue weighted by molar-refractivity contribution is -0.118. The molecule has 2 rings (SSSR count). The number of ether oxygens (including phenoxy) is 1. The number of amides is 1. The summed E-state index contributed by atoms with van der Waals surface area (Å²) in [5.41, 5.74) is 3.33. The minimum Gasteiger partial charge on any atom is -0.484 e. The maximum atomic E-state index is 11.9. The number of carbonyl (C=O) groups excluding carboxylic acids is 1. The highest BCUT2D eigenvalue weighted by Crippen LogP contribution is 2.28. The number of anilines is 1. The third-order valence-corrected chi connectivity index (χ3v) is 4.19. The zero-order chi connectivity index (χ0) is 16.9. The Morgan fingerprint density at radius 1 is 1.13 bits per heavy atom. The molecule has 2 aromatic carbocycles. The quantitative estimate of drug-likeness (QED) is 0.839. The fraction of sp³-hybridized carbons (Fsp3) is 0.350. The van der Waals surface area contributed by atoms with Crippen molar-refractivity contribution in [2.75, 3.05) is 11.9 Å². The van der Waals surface area contributed by atoms with Crippen molar-refractivity contribution in [2.24, 2.45) is 0 Å². The maximum Gasteiger partial charge on any atom is 0.262 e. The second kappa shape index (κ2) is 7.32. The third kappa shape index (κ3) is 4.85. The van der Waals surface area contributed by atoms with E-state index in [9.17, 15) is 4.79 Å². The van der Waals surface area contributed by atoms with E-state index in [2.05, 4.69) is 38.2 Å². The molecule has 0 aliphatic rings. The van der Waals surface area contributed by atoms with E-state index in [0.717, 1.165) is 17.7 Å². The van der Waals surface area contributed by atoms with Crippen LogP contribution in [0.4, 0.5) is 5.69 Å². The van der Waals surface area contributed by atoms with E-state index in [1.807, 2.05) is 43.3 Å². The van der Waals surface area contributed by atoms with E-state index >= 15 is 0 Å². The highest BCUT2D eigenvalue weighted by atomic mass is 16.5. The largest absolute Gasteiger partial charge is 0.484 e. The molecule has 1 amide bonds. The first-order chi connectivity index (χ1) is 10.9. The molecule has 0 radical (unpaired) electrons. The molecular formula is C20H25NO2. The standard InChI is InChI=1S/C20H25NO2/c1-5-20(3,4)16-9-11-18(12-10-16)23-14-19(22)21-17-8-6-7-15(2)13-17/h6-13H,5,14H2,1-4H3,(H,21,22). The number of hydrogen-bond acceptors (Lipinski definition) is 2. The van der Waals surface area contributed by atoms with Crippen LogP contribution in [-0.4, -0.2) is 12.5 Å². The molecule has 0 saturated heterocycles. The van der Waals surface area contributed by atoms with Crippen LogP contribution in [0.2, 0.25) is 0 Å². The van der Waals surface area contributed by atoms with Crippen molar-refractivity contribution in [2.45, 2.75) is 39.5 Å². The summed E-state index contributed by atoms with van der Waals surface area (Å²) in [7, 11) is 0. The lowest BCUT2D eigenvalue weighted by Crippen LogP contribution is -2.20. The zero-order valence-corrected chi connectivity index (χ0v) is 14.3. The Morgan fingerprint density at radius 3 is 2.43 bits per heavy atom. The molecule has 122 valence electrons. The van der Waals surface area contributed by atoms with Crippen LogP contribution >= 0.6 is 0 Å². The van der Waals surface area contributed by atoms with Gasteiger partial charge < -0.3 is 10.1 Å². The summed E-state index contributed by atoms with van der Waals surface area (Å²) in [5.74, 6) is 0.550. The van der Waals surface area contributed by atoms with Gasteiger partial charge in [0.25, 0.3) is 5.91 Å². The average molecular weight is 311 g/mol. The average Bonchev–Trinajstić information content (AvgIpc) is 2.53. The summed E-state index contributed by atoms with van der Waals surface area (Å²) in [5, 5.41) is 2.83. The molecule has 0 bridgehead atoms. The minimum atomic E-state index is -0.159. The molecule has 2 aromatic rings. The predicted octanol–water partition coefficient (Wildman–Crippen LogP) is 4.70. The van der Waals surface area contributed by atoms with Gasteiger partial charge in [-0.25, -0.2) is 0 Å². The van der Waals surface area contributed by atoms with Gasteiger partial charge in [0.2, 0.25) is 0 Å². The first kappa shape index (κ1) is 17.1. The molecule has 23 heavy (non-hydrogen) atoms. The van der Waals surface area contributed by atoms with Crippen molar-refractivity contribution >= 4 is 11.6 Å². The van der Waals surface area contributed by atoms with Crippen LogP contribution in [0, 0.1) is 6.92 Å². The van der Waals surface area contributed by atoms with Gasteiger partial charge in [0, 0.05) is 5.69 Å². The monoisotopic (exact) mass is 311 g/mol. The number of rotatable bonds is 6. The van der Waals surface area contributed by atoms with Crippen molar-refractivity contribution in [1.82, 2.24) is 0 Å². The minimum absolute atomic E-state index is 0.00442. The maximum absolute atomic E-state index is 11.9. The topological polar surface area (TPSA) is 38.3 Å². The fourth-order valence-electron chi connectivity index (χ4n) is 2.28. The van der Waals surface area contributed by atoms with Crippen molar-refractivity contribution in [3.63, 3.8) is 0 Å². The summed E-state index contributed by atoms with van der Waals surface area (Å²) < 4.78 is 5.56. The van der Waals surface area contributed by atoms with Gasteiger partial charge >= 0.3 is 0 Å². The van der Waals surface area contributed by atoms with Crippen LogP contribution in [0.1, 0.15) is 38.3 Å². The van der Waals surface area contributed by atoms with Gasteiger partial charge in [0.15, 0.2) is 6.61 Å². The SMILES string of the molecule is CCC(C)(C)c1ccc(OCC(=O)Nc2cccc(C)c2)cc1. The van der Waals surface area contributed by atoms with Crippen LogP contribution in [0.25, 0.3) is 0 Å². The van der Waals surface area contributed by atoms with E-state index in [1.165, 1.54) is 5.56 Å². The molecule has 0 unspecified atom stereocenters. The summed E-state index contributed by atoms with van der Waals surface area (Å²) in [6.45, 7) is 8.62. The molecule has 3 nitrogen and oxygen atoms in total. The third-order valence-electron chi connectivity index (χ3n) is 4.19. The van der Waals surface area contributed by atoms with Gasteiger partial charge in [0.1, 0.15) is 5.75 Å². The van der Waals surface area contributed by atoms with Gasteiger partial charge in [-0.3, -0.25) is 4.79 Å². The molecular weight excluding hydrogens is 286 g/mol. The fourth-order valence-corrected chi connectivity index (χ4v) is 2.28. The molecule has 0 saturated carbocycles. The van der Waals surface area contributed by atoms with E-state index in [4.69, 9.17) is 4.74 Å². The summed E-state index contributed by atoms with van der Waals surface area (Å²) in [6, 6.07) is 15.7. The Morgan fingerprint density at radius 2 is 1.83 bits per heavy atom. The second-order valence-corrected chi connectivity index (χ2v) is 6.47. The molecule has 3 heteroatoms. The van der Waals surface area contributed by atoms with E-state index in [0.29, 0.717) is 5.75 Å². The van der Waals surface area contributed by atoms with E-state index in [1.54, 1.807) is 0 Å². The summed E-state index contributed by atoms with van der Waals surface area (Å²) >= 11 is 0. The highest BCUT2D eigenvalue weighted by Gasteiger charge is 2.17. The van der Waals surface area contributed by atoms with Crippen LogP contribution in [0.15, 0.2) is 48.5 Å². The molecule has 0 spiro atoms. The molecule has 0 aliphatic carbocycles. The Bertz CT molecular complexity index is 660. The van der Waals surface area contributed by atoms with Gasteiger partial charge in [0.05, 0.1) is 0 Å². The van der Waals surface area contributed by atoms with Crippen LogP contribution in [-0.2, 0) is 10.2 Å². The normalized spacial score (nSPS) is 11.1. The number of carbonyl (C=O) groups is 1. The second-order valence-electron chi connectivity index (χ2n) is 6.47. The van der Waals surface area contributed by atoms with Gasteiger partial charge in [-0.2, -0.15) is 0 Å².